The van der Waals surface area contributed by atoms with E-state index < -0.39 is 0 Å². The first-order chi connectivity index (χ1) is 18.5. The molecule has 0 atom stereocenters. The van der Waals surface area contributed by atoms with Crippen LogP contribution in [0.3, 0.4) is 0 Å². The third kappa shape index (κ3) is 2.81. The van der Waals surface area contributed by atoms with Gasteiger partial charge in [0.15, 0.2) is 0 Å². The molecule has 0 spiro atoms. The number of hydrogen-bond acceptors (Lipinski definition) is 0. The molecule has 0 aliphatic heterocycles. The van der Waals surface area contributed by atoms with Crippen molar-refractivity contribution in [3.05, 3.63) is 126 Å². The highest BCUT2D eigenvalue weighted by atomic mass is 35.5. The van der Waals surface area contributed by atoms with Crippen molar-refractivity contribution in [3.63, 3.8) is 0 Å². The highest BCUT2D eigenvalue weighted by molar-refractivity contribution is 6.31. The summed E-state index contributed by atoms with van der Waals surface area (Å²) in [4.78, 5) is 0. The Morgan fingerprint density at radius 1 is 0.588 bits per heavy atom. The summed E-state index contributed by atoms with van der Waals surface area (Å²) in [6.07, 6.45) is 0. The van der Waals surface area contributed by atoms with Gasteiger partial charge in [-0.3, -0.25) is 0 Å². The average molecular weight is 458 g/mol. The first-order valence-electron chi connectivity index (χ1n) is 13.2. The highest BCUT2D eigenvalue weighted by Crippen LogP contribution is 2.42. The van der Waals surface area contributed by atoms with Crippen LogP contribution in [0.15, 0.2) is 121 Å². The molecule has 160 valence electrons. The van der Waals surface area contributed by atoms with Gasteiger partial charge in [-0.05, 0) is 63.0 Å². The van der Waals surface area contributed by atoms with Crippen molar-refractivity contribution in [2.45, 2.75) is 0 Å². The van der Waals surface area contributed by atoms with E-state index in [1.54, 1.807) is 6.07 Å². The van der Waals surface area contributed by atoms with Gasteiger partial charge < -0.3 is 4.57 Å². The SMILES string of the molecule is [2H]c1c([2H])c([2H])c2c(c1[2H])c1c3c(-c4cccc5ccccc45)cccc3ccc1n2-c1cccc(Cl)c1. The fraction of sp³-hybridized carbons (Fsp3) is 0. The Hall–Kier alpha value is -4.07. The summed E-state index contributed by atoms with van der Waals surface area (Å²) < 4.78 is 36.7. The maximum absolute atomic E-state index is 8.98. The zero-order valence-electron chi connectivity index (χ0n) is 22.1. The Bertz CT molecular complexity index is 2090. The van der Waals surface area contributed by atoms with Crippen LogP contribution in [-0.4, -0.2) is 4.57 Å². The molecule has 2 heteroatoms. The lowest BCUT2D eigenvalue weighted by Gasteiger charge is -2.13. The smallest absolute Gasteiger partial charge is 0.0645 e. The zero-order valence-corrected chi connectivity index (χ0v) is 18.8. The molecule has 0 N–H and O–H groups in total. The molecule has 6 aromatic carbocycles. The van der Waals surface area contributed by atoms with E-state index in [4.69, 9.17) is 17.1 Å². The molecule has 0 aliphatic carbocycles. The van der Waals surface area contributed by atoms with E-state index in [1.165, 1.54) is 0 Å². The van der Waals surface area contributed by atoms with Gasteiger partial charge in [0.2, 0.25) is 0 Å². The molecule has 0 amide bonds. The summed E-state index contributed by atoms with van der Waals surface area (Å²) in [5, 5.41) is 6.07. The third-order valence-electron chi connectivity index (χ3n) is 6.55. The van der Waals surface area contributed by atoms with Gasteiger partial charge in [-0.15, -0.1) is 0 Å². The largest absolute Gasteiger partial charge is 0.309 e. The van der Waals surface area contributed by atoms with E-state index >= 15 is 0 Å². The molecule has 0 unspecified atom stereocenters. The molecule has 1 nitrogen and oxygen atoms in total. The lowest BCUT2D eigenvalue weighted by atomic mass is 9.92. The molecule has 34 heavy (non-hydrogen) atoms. The molecule has 0 saturated heterocycles. The Morgan fingerprint density at radius 3 is 2.26 bits per heavy atom. The molecule has 7 aromatic rings. The van der Waals surface area contributed by atoms with Crippen molar-refractivity contribution in [3.8, 4) is 16.8 Å². The molecule has 0 saturated carbocycles. The van der Waals surface area contributed by atoms with Crippen molar-refractivity contribution in [1.29, 1.82) is 0 Å². The summed E-state index contributed by atoms with van der Waals surface area (Å²) in [6, 6.07) is 31.5. The van der Waals surface area contributed by atoms with Crippen LogP contribution in [0.4, 0.5) is 0 Å². The minimum absolute atomic E-state index is 0.0491. The number of nitrogens with zero attached hydrogens (tertiary/aromatic N) is 1. The van der Waals surface area contributed by atoms with E-state index in [0.29, 0.717) is 15.9 Å². The van der Waals surface area contributed by atoms with Gasteiger partial charge in [-0.25, -0.2) is 0 Å². The van der Waals surface area contributed by atoms with Crippen molar-refractivity contribution in [1.82, 2.24) is 4.57 Å². The summed E-state index contributed by atoms with van der Waals surface area (Å²) >= 11 is 6.38. The molecule has 0 fully saturated rings. The number of aromatic nitrogens is 1. The maximum Gasteiger partial charge on any atom is 0.0645 e. The normalized spacial score (nSPS) is 13.3. The van der Waals surface area contributed by atoms with Gasteiger partial charge in [-0.1, -0.05) is 103 Å². The fourth-order valence-corrected chi connectivity index (χ4v) is 5.34. The van der Waals surface area contributed by atoms with E-state index in [9.17, 15) is 0 Å². The van der Waals surface area contributed by atoms with Crippen molar-refractivity contribution >= 4 is 55.0 Å². The zero-order chi connectivity index (χ0) is 26.1. The Labute approximate surface area is 208 Å². The van der Waals surface area contributed by atoms with Crippen LogP contribution in [0.25, 0.3) is 60.2 Å². The van der Waals surface area contributed by atoms with Crippen molar-refractivity contribution < 1.29 is 5.48 Å². The number of rotatable bonds is 2. The second-order valence-electron chi connectivity index (χ2n) is 8.43. The number of hydrogen-bond donors (Lipinski definition) is 0. The average Bonchev–Trinajstić information content (AvgIpc) is 3.30. The van der Waals surface area contributed by atoms with Gasteiger partial charge in [0.1, 0.15) is 0 Å². The molecule has 0 bridgehead atoms. The van der Waals surface area contributed by atoms with Gasteiger partial charge in [0.05, 0.1) is 16.5 Å². The lowest BCUT2D eigenvalue weighted by Crippen LogP contribution is -1.93. The van der Waals surface area contributed by atoms with Gasteiger partial charge >= 0.3 is 0 Å². The summed E-state index contributed by atoms with van der Waals surface area (Å²) in [5.74, 6) is 0. The predicted octanol–water partition coefficient (Wildman–Crippen LogP) is 9.41. The quantitative estimate of drug-likeness (QED) is 0.243. The van der Waals surface area contributed by atoms with Crippen LogP contribution >= 0.6 is 11.6 Å². The lowest BCUT2D eigenvalue weighted by molar-refractivity contribution is 1.18. The van der Waals surface area contributed by atoms with Gasteiger partial charge in [0.25, 0.3) is 0 Å². The highest BCUT2D eigenvalue weighted by Gasteiger charge is 2.17. The summed E-state index contributed by atoms with van der Waals surface area (Å²) in [5.41, 5.74) is 4.07. The van der Waals surface area contributed by atoms with Crippen LogP contribution in [0.1, 0.15) is 5.48 Å². The number of benzene rings is 6. The van der Waals surface area contributed by atoms with E-state index in [1.807, 2.05) is 47.0 Å². The van der Waals surface area contributed by atoms with Crippen LogP contribution < -0.4 is 0 Å². The topological polar surface area (TPSA) is 4.93 Å². The van der Waals surface area contributed by atoms with Gasteiger partial charge in [0, 0.05) is 21.5 Å². The minimum atomic E-state index is -0.257. The molecule has 0 aliphatic rings. The second kappa shape index (κ2) is 7.48. The number of fused-ring (bicyclic) bond motifs is 6. The molecule has 7 rings (SSSR count). The standard InChI is InChI=1S/C32H20ClN/c33-23-11-7-12-24(20-23)34-29-17-4-3-14-28(29)32-30(34)19-18-22-10-6-16-27(31(22)32)26-15-5-9-21-8-1-2-13-25(21)26/h1-20H/i3D,4D,14D,17D. The maximum atomic E-state index is 8.98. The summed E-state index contributed by atoms with van der Waals surface area (Å²) in [6.45, 7) is 0. The monoisotopic (exact) mass is 457 g/mol. The second-order valence-corrected chi connectivity index (χ2v) is 8.87. The summed E-state index contributed by atoms with van der Waals surface area (Å²) in [7, 11) is 0. The predicted molar refractivity (Wildman–Crippen MR) is 146 cm³/mol. The van der Waals surface area contributed by atoms with Crippen LogP contribution in [0.2, 0.25) is 5.02 Å². The molecule has 0 radical (unpaired) electrons. The molecular weight excluding hydrogens is 434 g/mol. The van der Waals surface area contributed by atoms with Crippen LogP contribution in [0.5, 0.6) is 0 Å². The number of halogens is 1. The molecule has 1 aromatic heterocycles. The van der Waals surface area contributed by atoms with E-state index in [0.717, 1.165) is 49.3 Å². The fourth-order valence-electron chi connectivity index (χ4n) is 5.15. The Morgan fingerprint density at radius 2 is 1.35 bits per heavy atom. The first kappa shape index (κ1) is 15.7. The van der Waals surface area contributed by atoms with E-state index in [-0.39, 0.29) is 24.2 Å². The van der Waals surface area contributed by atoms with Crippen molar-refractivity contribution in [2.75, 3.05) is 0 Å². The Balaban J connectivity index is 1.76. The number of para-hydroxylation sites is 1. The first-order valence-corrected chi connectivity index (χ1v) is 11.5. The molecule has 1 heterocycles. The Kier molecular flexibility index (Phi) is 3.46. The van der Waals surface area contributed by atoms with Crippen molar-refractivity contribution in [2.24, 2.45) is 0 Å². The van der Waals surface area contributed by atoms with E-state index in [2.05, 4.69) is 48.5 Å². The minimum Gasteiger partial charge on any atom is -0.309 e. The van der Waals surface area contributed by atoms with Gasteiger partial charge in [-0.2, -0.15) is 0 Å². The molecular formula is C32H20ClN. The third-order valence-corrected chi connectivity index (χ3v) is 6.79. The van der Waals surface area contributed by atoms with Crippen LogP contribution in [-0.2, 0) is 0 Å². The van der Waals surface area contributed by atoms with Crippen LogP contribution in [0, 0.1) is 0 Å².